The quantitative estimate of drug-likeness (QED) is 0.826. The van der Waals surface area contributed by atoms with Crippen molar-refractivity contribution in [1.29, 1.82) is 0 Å². The molecule has 0 spiro atoms. The number of aryl methyl sites for hydroxylation is 1. The van der Waals surface area contributed by atoms with Crippen molar-refractivity contribution in [3.63, 3.8) is 0 Å². The van der Waals surface area contributed by atoms with Crippen LogP contribution in [0.3, 0.4) is 0 Å². The zero-order chi connectivity index (χ0) is 15.1. The Kier molecular flexibility index (Phi) is 5.74. The molecule has 3 N–H and O–H groups in total. The number of nitrogens with two attached hydrogens (primary N) is 1. The normalized spacial score (nSPS) is 9.35. The van der Waals surface area contributed by atoms with Crippen LogP contribution >= 0.6 is 11.6 Å². The van der Waals surface area contributed by atoms with Gasteiger partial charge in [-0.05, 0) is 37.3 Å². The van der Waals surface area contributed by atoms with Crippen LogP contribution < -0.4 is 10.5 Å². The highest BCUT2D eigenvalue weighted by Crippen LogP contribution is 2.10. The summed E-state index contributed by atoms with van der Waals surface area (Å²) in [6, 6.07) is 7.88. The number of benzene rings is 1. The maximum atomic E-state index is 10.4. The van der Waals surface area contributed by atoms with Crippen LogP contribution in [0.5, 0.6) is 5.75 Å². The van der Waals surface area contributed by atoms with Crippen LogP contribution in [-0.2, 0) is 0 Å². The molecule has 2 rings (SSSR count). The third kappa shape index (κ3) is 5.11. The third-order valence-corrected chi connectivity index (χ3v) is 2.37. The average Bonchev–Trinajstić information content (AvgIpc) is 2.38. The number of hydrogen-bond acceptors (Lipinski definition) is 5. The molecule has 1 heterocycles. The van der Waals surface area contributed by atoms with Crippen molar-refractivity contribution in [3.8, 4) is 5.75 Å². The van der Waals surface area contributed by atoms with E-state index in [1.54, 1.807) is 18.2 Å². The summed E-state index contributed by atoms with van der Waals surface area (Å²) in [7, 11) is 1.54. The van der Waals surface area contributed by atoms with E-state index in [1.165, 1.54) is 19.2 Å². The minimum Gasteiger partial charge on any atom is -0.497 e. The number of halogens is 1. The summed E-state index contributed by atoms with van der Waals surface area (Å²) in [5.74, 6) is -0.0392. The second-order valence-electron chi connectivity index (χ2n) is 3.72. The Bertz CT molecular complexity index is 537. The van der Waals surface area contributed by atoms with E-state index in [0.717, 1.165) is 5.69 Å². The van der Waals surface area contributed by atoms with E-state index in [0.29, 0.717) is 10.9 Å². The molecule has 0 amide bonds. The van der Waals surface area contributed by atoms with Gasteiger partial charge in [-0.15, -0.1) is 0 Å². The maximum absolute atomic E-state index is 10.4. The number of aromatic nitrogens is 2. The number of nitrogens with zero attached hydrogens (tertiary/aromatic N) is 2. The minimum absolute atomic E-state index is 0.222. The van der Waals surface area contributed by atoms with Crippen molar-refractivity contribution in [2.24, 2.45) is 0 Å². The Hall–Kier alpha value is -2.34. The van der Waals surface area contributed by atoms with Crippen LogP contribution in [0.25, 0.3) is 0 Å². The molecule has 0 fully saturated rings. The number of nitrogen functional groups attached to an aromatic ring is 1. The van der Waals surface area contributed by atoms with E-state index < -0.39 is 5.97 Å². The Morgan fingerprint density at radius 1 is 1.30 bits per heavy atom. The van der Waals surface area contributed by atoms with Gasteiger partial charge in [-0.25, -0.2) is 14.8 Å². The van der Waals surface area contributed by atoms with Crippen molar-refractivity contribution in [1.82, 2.24) is 9.97 Å². The van der Waals surface area contributed by atoms with Gasteiger partial charge in [0.1, 0.15) is 10.9 Å². The second kappa shape index (κ2) is 7.30. The number of hydrogen-bond donors (Lipinski definition) is 2. The highest BCUT2D eigenvalue weighted by molar-refractivity contribution is 6.29. The first kappa shape index (κ1) is 15.7. The maximum Gasteiger partial charge on any atom is 0.335 e. The summed E-state index contributed by atoms with van der Waals surface area (Å²) in [4.78, 5) is 17.8. The first-order chi connectivity index (χ1) is 9.42. The molecule has 1 aromatic heterocycles. The molecular formula is C13H14ClN3O3. The lowest BCUT2D eigenvalue weighted by Crippen LogP contribution is -1.95. The number of carbonyl (C=O) groups is 1. The molecule has 1 aromatic carbocycles. The van der Waals surface area contributed by atoms with Crippen LogP contribution in [-0.4, -0.2) is 28.2 Å². The van der Waals surface area contributed by atoms with E-state index in [-0.39, 0.29) is 11.5 Å². The number of carboxylic acid groups (broad SMARTS) is 1. The van der Waals surface area contributed by atoms with Crippen LogP contribution in [0.1, 0.15) is 16.1 Å². The van der Waals surface area contributed by atoms with Gasteiger partial charge in [0.15, 0.2) is 0 Å². The van der Waals surface area contributed by atoms with Gasteiger partial charge in [-0.3, -0.25) is 0 Å². The molecule has 0 radical (unpaired) electrons. The predicted molar refractivity (Wildman–Crippen MR) is 76.1 cm³/mol. The van der Waals surface area contributed by atoms with Crippen molar-refractivity contribution < 1.29 is 14.6 Å². The average molecular weight is 296 g/mol. The molecule has 106 valence electrons. The third-order valence-electron chi connectivity index (χ3n) is 2.18. The molecular weight excluding hydrogens is 282 g/mol. The Morgan fingerprint density at radius 3 is 2.30 bits per heavy atom. The number of carboxylic acids is 1. The van der Waals surface area contributed by atoms with Crippen LogP contribution in [0.4, 0.5) is 5.95 Å². The van der Waals surface area contributed by atoms with Gasteiger partial charge in [0, 0.05) is 5.69 Å². The van der Waals surface area contributed by atoms with Gasteiger partial charge in [0.25, 0.3) is 0 Å². The summed E-state index contributed by atoms with van der Waals surface area (Å²) >= 11 is 5.52. The van der Waals surface area contributed by atoms with E-state index >= 15 is 0 Å². The van der Waals surface area contributed by atoms with E-state index in [9.17, 15) is 4.79 Å². The highest BCUT2D eigenvalue weighted by Gasteiger charge is 2.00. The predicted octanol–water partition coefficient (Wildman–Crippen LogP) is 2.41. The summed E-state index contributed by atoms with van der Waals surface area (Å²) < 4.78 is 4.86. The summed E-state index contributed by atoms with van der Waals surface area (Å²) in [5.41, 5.74) is 6.31. The van der Waals surface area contributed by atoms with Crippen molar-refractivity contribution >= 4 is 23.5 Å². The van der Waals surface area contributed by atoms with Crippen LogP contribution in [0.2, 0.25) is 5.15 Å². The fourth-order valence-electron chi connectivity index (χ4n) is 1.29. The number of anilines is 1. The molecule has 6 nitrogen and oxygen atoms in total. The molecule has 0 bridgehead atoms. The molecule has 7 heteroatoms. The molecule has 20 heavy (non-hydrogen) atoms. The fraction of sp³-hybridized carbons (Fsp3) is 0.154. The lowest BCUT2D eigenvalue weighted by Gasteiger charge is -1.98. The van der Waals surface area contributed by atoms with Gasteiger partial charge in [-0.1, -0.05) is 11.6 Å². The van der Waals surface area contributed by atoms with Crippen molar-refractivity contribution in [2.45, 2.75) is 6.92 Å². The van der Waals surface area contributed by atoms with Crippen LogP contribution in [0, 0.1) is 6.92 Å². The van der Waals surface area contributed by atoms with Gasteiger partial charge in [0.2, 0.25) is 5.95 Å². The standard InChI is InChI=1S/C8H8O3.C5H6ClN3/c1-11-7-4-2-6(3-5-7)8(9)10;1-3-2-4(6)9-5(7)8-3/h2-5H,1H3,(H,9,10);2H,1H3,(H2,7,8,9). The Labute approximate surface area is 121 Å². The Morgan fingerprint density at radius 2 is 1.90 bits per heavy atom. The molecule has 0 saturated carbocycles. The lowest BCUT2D eigenvalue weighted by molar-refractivity contribution is 0.0697. The summed E-state index contributed by atoms with van der Waals surface area (Å²) in [6.07, 6.45) is 0. The first-order valence-corrected chi connectivity index (χ1v) is 5.94. The molecule has 0 atom stereocenters. The SMILES string of the molecule is COc1ccc(C(=O)O)cc1.Cc1cc(Cl)nc(N)n1. The molecule has 0 aliphatic heterocycles. The Balaban J connectivity index is 0.000000204. The van der Waals surface area contributed by atoms with Crippen LogP contribution in [0.15, 0.2) is 30.3 Å². The smallest absolute Gasteiger partial charge is 0.335 e. The van der Waals surface area contributed by atoms with E-state index in [4.69, 9.17) is 27.2 Å². The van der Waals surface area contributed by atoms with Gasteiger partial charge in [-0.2, -0.15) is 0 Å². The number of rotatable bonds is 2. The van der Waals surface area contributed by atoms with Gasteiger partial charge < -0.3 is 15.6 Å². The van der Waals surface area contributed by atoms with Gasteiger partial charge in [0.05, 0.1) is 12.7 Å². The van der Waals surface area contributed by atoms with E-state index in [1.807, 2.05) is 6.92 Å². The van der Waals surface area contributed by atoms with Crippen molar-refractivity contribution in [3.05, 3.63) is 46.7 Å². The second-order valence-corrected chi connectivity index (χ2v) is 4.11. The van der Waals surface area contributed by atoms with Crippen molar-refractivity contribution in [2.75, 3.05) is 12.8 Å². The molecule has 0 unspecified atom stereocenters. The fourth-order valence-corrected chi connectivity index (χ4v) is 1.53. The number of ether oxygens (including phenoxy) is 1. The zero-order valence-corrected chi connectivity index (χ0v) is 11.8. The molecule has 2 aromatic rings. The topological polar surface area (TPSA) is 98.3 Å². The highest BCUT2D eigenvalue weighted by atomic mass is 35.5. The largest absolute Gasteiger partial charge is 0.497 e. The first-order valence-electron chi connectivity index (χ1n) is 5.56. The summed E-state index contributed by atoms with van der Waals surface area (Å²) in [6.45, 7) is 1.81. The van der Waals surface area contributed by atoms with Gasteiger partial charge >= 0.3 is 5.97 Å². The van der Waals surface area contributed by atoms with E-state index in [2.05, 4.69) is 9.97 Å². The molecule has 0 aliphatic rings. The minimum atomic E-state index is -0.923. The zero-order valence-electron chi connectivity index (χ0n) is 11.0. The summed E-state index contributed by atoms with van der Waals surface area (Å²) in [5, 5.41) is 8.90. The molecule has 0 aliphatic carbocycles. The number of aromatic carboxylic acids is 1. The molecule has 0 saturated heterocycles. The lowest BCUT2D eigenvalue weighted by atomic mass is 10.2. The monoisotopic (exact) mass is 295 g/mol. The number of methoxy groups -OCH3 is 1.